The number of nitrogens with zero attached hydrogens (tertiary/aromatic N) is 2. The number of aliphatic imine (C=N–C) groups is 1. The SMILES string of the molecule is CCNC(=NCCCOCC1CCCO1)N(C)Cc1ccc(OC(F)F)cc1. The van der Waals surface area contributed by atoms with Crippen molar-refractivity contribution < 1.29 is 23.0 Å². The van der Waals surface area contributed by atoms with Crippen LogP contribution in [0.1, 0.15) is 31.7 Å². The van der Waals surface area contributed by atoms with E-state index in [2.05, 4.69) is 15.0 Å². The summed E-state index contributed by atoms with van der Waals surface area (Å²) >= 11 is 0. The van der Waals surface area contributed by atoms with E-state index in [0.717, 1.165) is 43.9 Å². The maximum absolute atomic E-state index is 12.2. The largest absolute Gasteiger partial charge is 0.435 e. The van der Waals surface area contributed by atoms with Crippen molar-refractivity contribution in [3.8, 4) is 5.75 Å². The van der Waals surface area contributed by atoms with Gasteiger partial charge < -0.3 is 24.4 Å². The molecule has 1 heterocycles. The molecule has 1 saturated heterocycles. The van der Waals surface area contributed by atoms with Crippen molar-refractivity contribution in [2.45, 2.75) is 45.4 Å². The van der Waals surface area contributed by atoms with Crippen molar-refractivity contribution in [2.75, 3.05) is 40.0 Å². The van der Waals surface area contributed by atoms with Crippen molar-refractivity contribution in [1.29, 1.82) is 0 Å². The highest BCUT2D eigenvalue weighted by molar-refractivity contribution is 5.79. The quantitative estimate of drug-likeness (QED) is 0.352. The second kappa shape index (κ2) is 12.5. The van der Waals surface area contributed by atoms with E-state index in [4.69, 9.17) is 9.47 Å². The standard InChI is InChI=1S/C20H31F2N3O3/c1-3-23-20(24-11-5-12-26-15-18-6-4-13-27-18)25(2)14-16-7-9-17(10-8-16)28-19(21)22/h7-10,18-19H,3-6,11-15H2,1-2H3,(H,23,24). The van der Waals surface area contributed by atoms with Gasteiger partial charge in [0, 0.05) is 39.9 Å². The fourth-order valence-electron chi connectivity index (χ4n) is 2.94. The van der Waals surface area contributed by atoms with E-state index in [-0.39, 0.29) is 11.9 Å². The Hall–Kier alpha value is -1.93. The first kappa shape index (κ1) is 22.4. The fourth-order valence-corrected chi connectivity index (χ4v) is 2.94. The number of hydrogen-bond acceptors (Lipinski definition) is 4. The van der Waals surface area contributed by atoms with Crippen molar-refractivity contribution >= 4 is 5.96 Å². The number of rotatable bonds is 11. The molecule has 1 unspecified atom stereocenters. The first-order valence-corrected chi connectivity index (χ1v) is 9.81. The fraction of sp³-hybridized carbons (Fsp3) is 0.650. The molecule has 1 aromatic carbocycles. The van der Waals surface area contributed by atoms with Gasteiger partial charge in [-0.05, 0) is 43.9 Å². The molecule has 1 N–H and O–H groups in total. The average Bonchev–Trinajstić information content (AvgIpc) is 3.18. The molecule has 1 fully saturated rings. The minimum Gasteiger partial charge on any atom is -0.435 e. The molecule has 1 aromatic rings. The number of alkyl halides is 2. The van der Waals surface area contributed by atoms with Gasteiger partial charge in [-0.15, -0.1) is 0 Å². The maximum Gasteiger partial charge on any atom is 0.387 e. The van der Waals surface area contributed by atoms with E-state index in [1.807, 2.05) is 18.9 Å². The second-order valence-electron chi connectivity index (χ2n) is 6.68. The van der Waals surface area contributed by atoms with Crippen LogP contribution in [0.5, 0.6) is 5.75 Å². The molecule has 6 nitrogen and oxygen atoms in total. The first-order valence-electron chi connectivity index (χ1n) is 9.81. The van der Waals surface area contributed by atoms with Crippen LogP contribution in [0.4, 0.5) is 8.78 Å². The van der Waals surface area contributed by atoms with Crippen LogP contribution in [0.3, 0.4) is 0 Å². The Labute approximate surface area is 165 Å². The minimum absolute atomic E-state index is 0.157. The lowest BCUT2D eigenvalue weighted by Crippen LogP contribution is -2.38. The van der Waals surface area contributed by atoms with E-state index < -0.39 is 6.61 Å². The summed E-state index contributed by atoms with van der Waals surface area (Å²) in [4.78, 5) is 6.63. The number of ether oxygens (including phenoxy) is 3. The van der Waals surface area contributed by atoms with Crippen LogP contribution in [0.2, 0.25) is 0 Å². The zero-order valence-electron chi connectivity index (χ0n) is 16.7. The lowest BCUT2D eigenvalue weighted by Gasteiger charge is -2.22. The predicted octanol–water partition coefficient (Wildman–Crippen LogP) is 3.27. The third-order valence-corrected chi connectivity index (χ3v) is 4.30. The van der Waals surface area contributed by atoms with E-state index in [1.165, 1.54) is 0 Å². The highest BCUT2D eigenvalue weighted by Gasteiger charge is 2.15. The molecule has 1 atom stereocenters. The molecule has 0 spiro atoms. The number of benzene rings is 1. The molecule has 0 amide bonds. The van der Waals surface area contributed by atoms with Gasteiger partial charge in [0.15, 0.2) is 5.96 Å². The number of halogens is 2. The van der Waals surface area contributed by atoms with E-state index in [0.29, 0.717) is 26.3 Å². The van der Waals surface area contributed by atoms with Crippen molar-refractivity contribution in [2.24, 2.45) is 4.99 Å². The molecule has 1 aliphatic heterocycles. The lowest BCUT2D eigenvalue weighted by atomic mass is 10.2. The summed E-state index contributed by atoms with van der Waals surface area (Å²) in [5.41, 5.74) is 0.981. The third-order valence-electron chi connectivity index (χ3n) is 4.30. The van der Waals surface area contributed by atoms with Crippen LogP contribution >= 0.6 is 0 Å². The molecule has 0 saturated carbocycles. The van der Waals surface area contributed by atoms with E-state index in [1.54, 1.807) is 24.3 Å². The topological polar surface area (TPSA) is 55.3 Å². The Kier molecular flexibility index (Phi) is 9.99. The minimum atomic E-state index is -2.81. The van der Waals surface area contributed by atoms with E-state index >= 15 is 0 Å². The Balaban J connectivity index is 1.74. The molecule has 8 heteroatoms. The summed E-state index contributed by atoms with van der Waals surface area (Å²) in [5.74, 6) is 0.958. The van der Waals surface area contributed by atoms with Crippen molar-refractivity contribution in [1.82, 2.24) is 10.2 Å². The van der Waals surface area contributed by atoms with Crippen LogP contribution in [-0.4, -0.2) is 63.5 Å². The number of hydrogen-bond donors (Lipinski definition) is 1. The summed E-state index contributed by atoms with van der Waals surface area (Å²) < 4.78 is 40.0. The summed E-state index contributed by atoms with van der Waals surface area (Å²) in [7, 11) is 1.94. The lowest BCUT2D eigenvalue weighted by molar-refractivity contribution is -0.0498. The van der Waals surface area contributed by atoms with Gasteiger partial charge in [-0.25, -0.2) is 0 Å². The first-order chi connectivity index (χ1) is 13.6. The highest BCUT2D eigenvalue weighted by Crippen LogP contribution is 2.16. The Morgan fingerprint density at radius 3 is 2.79 bits per heavy atom. The van der Waals surface area contributed by atoms with Gasteiger partial charge in [-0.2, -0.15) is 8.78 Å². The van der Waals surface area contributed by atoms with Crippen LogP contribution in [0, 0.1) is 0 Å². The van der Waals surface area contributed by atoms with E-state index in [9.17, 15) is 8.78 Å². The predicted molar refractivity (Wildman–Crippen MR) is 105 cm³/mol. The number of guanidine groups is 1. The van der Waals surface area contributed by atoms with Gasteiger partial charge in [0.2, 0.25) is 0 Å². The van der Waals surface area contributed by atoms with Gasteiger partial charge >= 0.3 is 6.61 Å². The zero-order chi connectivity index (χ0) is 20.2. The van der Waals surface area contributed by atoms with Gasteiger partial charge in [0.05, 0.1) is 12.7 Å². The molecule has 158 valence electrons. The molecule has 0 bridgehead atoms. The highest BCUT2D eigenvalue weighted by atomic mass is 19.3. The average molecular weight is 399 g/mol. The number of nitrogens with one attached hydrogen (secondary N) is 1. The summed E-state index contributed by atoms with van der Waals surface area (Å²) in [6, 6.07) is 6.64. The molecular weight excluding hydrogens is 368 g/mol. The summed E-state index contributed by atoms with van der Waals surface area (Å²) in [6.45, 7) is 3.42. The normalized spacial score (nSPS) is 17.2. The molecule has 28 heavy (non-hydrogen) atoms. The monoisotopic (exact) mass is 399 g/mol. The van der Waals surface area contributed by atoms with Crippen molar-refractivity contribution in [3.05, 3.63) is 29.8 Å². The molecular formula is C20H31F2N3O3. The smallest absolute Gasteiger partial charge is 0.387 e. The Bertz CT molecular complexity index is 579. The van der Waals surface area contributed by atoms with Crippen LogP contribution in [0.15, 0.2) is 29.3 Å². The Morgan fingerprint density at radius 2 is 2.14 bits per heavy atom. The molecule has 1 aliphatic rings. The van der Waals surface area contributed by atoms with Crippen LogP contribution in [-0.2, 0) is 16.0 Å². The van der Waals surface area contributed by atoms with Gasteiger partial charge in [0.1, 0.15) is 5.75 Å². The van der Waals surface area contributed by atoms with Crippen LogP contribution in [0.25, 0.3) is 0 Å². The van der Waals surface area contributed by atoms with Gasteiger partial charge in [-0.3, -0.25) is 4.99 Å². The van der Waals surface area contributed by atoms with Gasteiger partial charge in [0.25, 0.3) is 0 Å². The zero-order valence-corrected chi connectivity index (χ0v) is 16.7. The molecule has 0 aromatic heterocycles. The van der Waals surface area contributed by atoms with Crippen LogP contribution < -0.4 is 10.1 Å². The third kappa shape index (κ3) is 8.39. The molecule has 0 radical (unpaired) electrons. The summed E-state index contributed by atoms with van der Waals surface area (Å²) in [5, 5.41) is 3.27. The van der Waals surface area contributed by atoms with Gasteiger partial charge in [-0.1, -0.05) is 12.1 Å². The summed E-state index contributed by atoms with van der Waals surface area (Å²) in [6.07, 6.45) is 3.31. The Morgan fingerprint density at radius 1 is 1.36 bits per heavy atom. The second-order valence-corrected chi connectivity index (χ2v) is 6.68. The molecule has 0 aliphatic carbocycles. The van der Waals surface area contributed by atoms with Crippen molar-refractivity contribution in [3.63, 3.8) is 0 Å². The maximum atomic E-state index is 12.2. The molecule has 2 rings (SSSR count).